The topological polar surface area (TPSA) is 23.9 Å². The minimum absolute atomic E-state index is 0.0763. The Balaban J connectivity index is 1.77. The fourth-order valence-corrected chi connectivity index (χ4v) is 6.23. The van der Waals surface area contributed by atoms with Gasteiger partial charge in [-0.1, -0.05) is 32.4 Å². The fraction of sp³-hybridized carbons (Fsp3) is 0.737. The van der Waals surface area contributed by atoms with Crippen LogP contribution in [0.5, 0.6) is 0 Å². The van der Waals surface area contributed by atoms with E-state index in [1.54, 1.807) is 0 Å². The highest BCUT2D eigenvalue weighted by Crippen LogP contribution is 2.63. The van der Waals surface area contributed by atoms with Crippen molar-refractivity contribution in [3.8, 4) is 0 Å². The van der Waals surface area contributed by atoms with Crippen molar-refractivity contribution in [1.29, 1.82) is 5.41 Å². The second kappa shape index (κ2) is 4.30. The van der Waals surface area contributed by atoms with E-state index in [1.807, 2.05) is 6.08 Å². The fourth-order valence-electron chi connectivity index (χ4n) is 6.23. The maximum absolute atomic E-state index is 14.0. The molecule has 6 atom stereocenters. The van der Waals surface area contributed by atoms with Gasteiger partial charge in [0.05, 0.1) is 0 Å². The van der Waals surface area contributed by atoms with Gasteiger partial charge in [0.2, 0.25) is 0 Å². The number of nitrogens with one attached hydrogen (secondary N) is 1. The first kappa shape index (κ1) is 13.7. The Bertz CT molecular complexity index is 548. The number of halogens is 1. The first-order valence-corrected chi connectivity index (χ1v) is 8.57. The number of allylic oxidation sites excluding steroid dienone is 4. The van der Waals surface area contributed by atoms with Crippen LogP contribution in [0.1, 0.15) is 52.4 Å². The van der Waals surface area contributed by atoms with Gasteiger partial charge < -0.3 is 5.41 Å². The molecular weight excluding hydrogens is 261 g/mol. The van der Waals surface area contributed by atoms with Crippen LogP contribution in [0.2, 0.25) is 0 Å². The third-order valence-electron chi connectivity index (χ3n) is 7.31. The zero-order chi connectivity index (χ0) is 14.8. The highest BCUT2D eigenvalue weighted by Gasteiger charge is 2.56. The lowest BCUT2D eigenvalue weighted by molar-refractivity contribution is 0.00178. The highest BCUT2D eigenvalue weighted by atomic mass is 19.1. The van der Waals surface area contributed by atoms with Crippen molar-refractivity contribution >= 4 is 5.71 Å². The molecule has 0 aromatic rings. The number of hydrogen-bond acceptors (Lipinski definition) is 1. The first-order chi connectivity index (χ1) is 9.94. The summed E-state index contributed by atoms with van der Waals surface area (Å²) in [5.41, 5.74) is 0.925. The molecule has 4 aliphatic rings. The summed E-state index contributed by atoms with van der Waals surface area (Å²) in [5.74, 6) is 1.95. The second-order valence-corrected chi connectivity index (χ2v) is 8.40. The second-order valence-electron chi connectivity index (χ2n) is 8.40. The molecule has 1 N–H and O–H groups in total. The van der Waals surface area contributed by atoms with Crippen molar-refractivity contribution in [2.24, 2.45) is 34.5 Å². The van der Waals surface area contributed by atoms with Gasteiger partial charge in [0.15, 0.2) is 0 Å². The lowest BCUT2D eigenvalue weighted by Gasteiger charge is -2.56. The molecule has 0 saturated heterocycles. The number of hydrogen-bond donors (Lipinski definition) is 1. The Morgan fingerprint density at radius 1 is 1.14 bits per heavy atom. The first-order valence-electron chi connectivity index (χ1n) is 8.57. The predicted molar refractivity (Wildman–Crippen MR) is 83.9 cm³/mol. The van der Waals surface area contributed by atoms with Gasteiger partial charge in [-0.3, -0.25) is 0 Å². The summed E-state index contributed by atoms with van der Waals surface area (Å²) < 4.78 is 14.0. The molecule has 1 unspecified atom stereocenters. The van der Waals surface area contributed by atoms with E-state index >= 15 is 0 Å². The largest absolute Gasteiger partial charge is 0.309 e. The predicted octanol–water partition coefficient (Wildman–Crippen LogP) is 5.29. The van der Waals surface area contributed by atoms with Crippen LogP contribution in [-0.4, -0.2) is 5.71 Å². The zero-order valence-corrected chi connectivity index (χ0v) is 13.2. The van der Waals surface area contributed by atoms with Crippen LogP contribution in [0, 0.1) is 39.9 Å². The van der Waals surface area contributed by atoms with Crippen LogP contribution < -0.4 is 0 Å². The number of rotatable bonds is 0. The van der Waals surface area contributed by atoms with E-state index < -0.39 is 0 Å². The number of fused-ring (bicyclic) bond motifs is 5. The summed E-state index contributed by atoms with van der Waals surface area (Å²) in [6.45, 7) is 4.69. The quantitative estimate of drug-likeness (QED) is 0.585. The molecule has 2 fully saturated rings. The van der Waals surface area contributed by atoms with Crippen LogP contribution in [0.25, 0.3) is 0 Å². The Morgan fingerprint density at radius 2 is 1.95 bits per heavy atom. The van der Waals surface area contributed by atoms with E-state index in [0.29, 0.717) is 23.0 Å². The summed E-state index contributed by atoms with van der Waals surface area (Å²) in [6.07, 6.45) is 13.3. The van der Waals surface area contributed by atoms with Gasteiger partial charge >= 0.3 is 0 Å². The van der Waals surface area contributed by atoms with Gasteiger partial charge in [-0.2, -0.15) is 0 Å². The molecular formula is C19H26FN. The maximum atomic E-state index is 14.0. The average Bonchev–Trinajstić information content (AvgIpc) is 2.79. The maximum Gasteiger partial charge on any atom is 0.102 e. The molecule has 4 rings (SSSR count). The molecule has 4 aliphatic carbocycles. The lowest BCUT2D eigenvalue weighted by atomic mass is 9.48. The molecule has 0 aromatic carbocycles. The van der Waals surface area contributed by atoms with Crippen LogP contribution >= 0.6 is 0 Å². The standard InChI is InChI=1S/C19H26FN/c1-18-8-3-4-14(18)13-5-6-16-17(21)10-12(20)11-19(16,2)15(13)7-9-18/h5-6,11,13-16,21H,3-4,7-10H2,1-2H3/t13-,14-,15-,16?,18-,19+/m0/s1. The minimum Gasteiger partial charge on any atom is -0.309 e. The van der Waals surface area contributed by atoms with Gasteiger partial charge in [0, 0.05) is 23.5 Å². The Kier molecular flexibility index (Phi) is 2.81. The molecule has 21 heavy (non-hydrogen) atoms. The van der Waals surface area contributed by atoms with Gasteiger partial charge in [-0.05, 0) is 54.9 Å². The van der Waals surface area contributed by atoms with E-state index in [9.17, 15) is 4.39 Å². The Morgan fingerprint density at radius 3 is 2.76 bits per heavy atom. The van der Waals surface area contributed by atoms with E-state index in [-0.39, 0.29) is 23.6 Å². The van der Waals surface area contributed by atoms with Crippen LogP contribution in [0.4, 0.5) is 4.39 Å². The summed E-state index contributed by atoms with van der Waals surface area (Å²) in [4.78, 5) is 0. The molecule has 2 saturated carbocycles. The van der Waals surface area contributed by atoms with Crippen LogP contribution in [0.3, 0.4) is 0 Å². The van der Waals surface area contributed by atoms with Crippen molar-refractivity contribution in [2.75, 3.05) is 0 Å². The third kappa shape index (κ3) is 1.77. The molecule has 0 bridgehead atoms. The van der Waals surface area contributed by atoms with Crippen molar-refractivity contribution in [2.45, 2.75) is 52.4 Å². The molecule has 0 aromatic heterocycles. The SMILES string of the molecule is C[C@@]12CCC[C@H]1[C@@H]1C=CC3C(=N)CC(F)=C[C@]3(C)[C@H]1CC2. The molecule has 0 aliphatic heterocycles. The summed E-state index contributed by atoms with van der Waals surface area (Å²) in [6, 6.07) is 0. The van der Waals surface area contributed by atoms with E-state index in [1.165, 1.54) is 32.1 Å². The molecule has 1 nitrogen and oxygen atoms in total. The molecule has 2 heteroatoms. The van der Waals surface area contributed by atoms with Gasteiger partial charge in [-0.25, -0.2) is 4.39 Å². The van der Waals surface area contributed by atoms with Gasteiger partial charge in [0.25, 0.3) is 0 Å². The lowest BCUT2D eigenvalue weighted by Crippen LogP contribution is -2.50. The zero-order valence-electron chi connectivity index (χ0n) is 13.2. The van der Waals surface area contributed by atoms with Gasteiger partial charge in [-0.15, -0.1) is 0 Å². The van der Waals surface area contributed by atoms with E-state index in [0.717, 1.165) is 5.92 Å². The highest BCUT2D eigenvalue weighted by molar-refractivity contribution is 5.89. The monoisotopic (exact) mass is 287 g/mol. The average molecular weight is 287 g/mol. The van der Waals surface area contributed by atoms with Crippen molar-refractivity contribution in [3.05, 3.63) is 24.1 Å². The van der Waals surface area contributed by atoms with Gasteiger partial charge in [0.1, 0.15) is 5.83 Å². The summed E-state index contributed by atoms with van der Waals surface area (Å²) in [7, 11) is 0. The van der Waals surface area contributed by atoms with Crippen LogP contribution in [0.15, 0.2) is 24.1 Å². The van der Waals surface area contributed by atoms with E-state index in [4.69, 9.17) is 5.41 Å². The summed E-state index contributed by atoms with van der Waals surface area (Å²) in [5, 5.41) is 8.23. The molecule has 0 amide bonds. The smallest absolute Gasteiger partial charge is 0.102 e. The van der Waals surface area contributed by atoms with Crippen molar-refractivity contribution < 1.29 is 4.39 Å². The Labute approximate surface area is 127 Å². The normalized spacial score (nSPS) is 52.0. The van der Waals surface area contributed by atoms with Crippen LogP contribution in [-0.2, 0) is 0 Å². The molecule has 0 radical (unpaired) electrons. The molecule has 0 spiro atoms. The third-order valence-corrected chi connectivity index (χ3v) is 7.31. The van der Waals surface area contributed by atoms with E-state index in [2.05, 4.69) is 26.0 Å². The molecule has 114 valence electrons. The molecule has 0 heterocycles. The minimum atomic E-state index is -0.164. The van der Waals surface area contributed by atoms with Crippen molar-refractivity contribution in [1.82, 2.24) is 0 Å². The Hall–Kier alpha value is -0.920. The summed E-state index contributed by atoms with van der Waals surface area (Å²) >= 11 is 0. The van der Waals surface area contributed by atoms with Crippen molar-refractivity contribution in [3.63, 3.8) is 0 Å².